The Hall–Kier alpha value is -0.170. The van der Waals surface area contributed by atoms with Gasteiger partial charge in [-0.15, -0.1) is 0 Å². The summed E-state index contributed by atoms with van der Waals surface area (Å²) in [4.78, 5) is 4.18. The van der Waals surface area contributed by atoms with Crippen LogP contribution in [0.25, 0.3) is 0 Å². The van der Waals surface area contributed by atoms with Gasteiger partial charge >= 0.3 is 0 Å². The van der Waals surface area contributed by atoms with Crippen LogP contribution >= 0.6 is 23.3 Å². The maximum atomic E-state index is 9.39. The lowest BCUT2D eigenvalue weighted by Crippen LogP contribution is -2.25. The van der Waals surface area contributed by atoms with Crippen LogP contribution < -0.4 is 5.32 Å². The Morgan fingerprint density at radius 3 is 3.00 bits per heavy atom. The normalized spacial score (nSPS) is 13.2. The van der Waals surface area contributed by atoms with Crippen LogP contribution in [0.15, 0.2) is 4.34 Å². The maximum Gasteiger partial charge on any atom is 0.170 e. The van der Waals surface area contributed by atoms with Crippen molar-refractivity contribution in [2.45, 2.75) is 17.4 Å². The lowest BCUT2D eigenvalue weighted by Gasteiger charge is -2.06. The molecule has 0 amide bonds. The molecule has 4 nitrogen and oxygen atoms in total. The molecule has 0 spiro atoms. The summed E-state index contributed by atoms with van der Waals surface area (Å²) in [5, 5.41) is 12.3. The van der Waals surface area contributed by atoms with Crippen LogP contribution in [0.1, 0.15) is 5.82 Å². The van der Waals surface area contributed by atoms with E-state index in [4.69, 9.17) is 0 Å². The van der Waals surface area contributed by atoms with E-state index in [0.717, 1.165) is 10.2 Å². The summed E-state index contributed by atoms with van der Waals surface area (Å²) in [5.74, 6) is 1.46. The molecule has 1 aromatic heterocycles. The highest BCUT2D eigenvalue weighted by Crippen LogP contribution is 2.20. The van der Waals surface area contributed by atoms with Gasteiger partial charge in [0.1, 0.15) is 5.82 Å². The molecule has 1 heterocycles. The fraction of sp³-hybridized carbons (Fsp3) is 0.714. The Morgan fingerprint density at radius 2 is 2.46 bits per heavy atom. The van der Waals surface area contributed by atoms with Crippen LogP contribution in [0.2, 0.25) is 0 Å². The first-order valence-electron chi connectivity index (χ1n) is 3.98. The quantitative estimate of drug-likeness (QED) is 0.707. The molecular formula is C7H13N3OS2. The predicted molar refractivity (Wildman–Crippen MR) is 55.3 cm³/mol. The van der Waals surface area contributed by atoms with Crippen LogP contribution in [0.4, 0.5) is 0 Å². The molecule has 1 rings (SSSR count). The number of likely N-dealkylation sites (N-methyl/N-ethyl adjacent to an activating group) is 1. The predicted octanol–water partition coefficient (Wildman–Crippen LogP) is 0.519. The Morgan fingerprint density at radius 1 is 1.69 bits per heavy atom. The van der Waals surface area contributed by atoms with Crippen molar-refractivity contribution in [3.05, 3.63) is 5.82 Å². The summed E-state index contributed by atoms with van der Waals surface area (Å²) in [6.45, 7) is 2.48. The Labute approximate surface area is 85.9 Å². The van der Waals surface area contributed by atoms with Gasteiger partial charge in [-0.3, -0.25) is 0 Å². The standard InChI is InChI=1S/C7H13N3OS2/c1-5-9-7(13-10-5)12-4-6(11)3-8-2/h6,8,11H,3-4H2,1-2H3. The fourth-order valence-corrected chi connectivity index (χ4v) is 2.40. The molecule has 0 fully saturated rings. The molecule has 1 atom stereocenters. The minimum atomic E-state index is -0.320. The highest BCUT2D eigenvalue weighted by Gasteiger charge is 2.06. The van der Waals surface area contributed by atoms with Gasteiger partial charge in [0.15, 0.2) is 4.34 Å². The van der Waals surface area contributed by atoms with Gasteiger partial charge in [0, 0.05) is 12.3 Å². The maximum absolute atomic E-state index is 9.39. The molecule has 1 aromatic rings. The number of rotatable bonds is 5. The van der Waals surface area contributed by atoms with Gasteiger partial charge in [0.2, 0.25) is 0 Å². The molecule has 74 valence electrons. The molecule has 0 aliphatic heterocycles. The summed E-state index contributed by atoms with van der Waals surface area (Å²) in [6.07, 6.45) is -0.320. The van der Waals surface area contributed by atoms with Gasteiger partial charge in [-0.25, -0.2) is 4.98 Å². The second-order valence-electron chi connectivity index (χ2n) is 2.63. The number of nitrogens with zero attached hydrogens (tertiary/aromatic N) is 2. The van der Waals surface area contributed by atoms with E-state index in [9.17, 15) is 5.11 Å². The van der Waals surface area contributed by atoms with E-state index in [1.165, 1.54) is 11.5 Å². The number of aliphatic hydroxyl groups is 1. The van der Waals surface area contributed by atoms with E-state index in [2.05, 4.69) is 14.7 Å². The van der Waals surface area contributed by atoms with Crippen molar-refractivity contribution in [3.63, 3.8) is 0 Å². The molecule has 0 saturated carbocycles. The van der Waals surface area contributed by atoms with Crippen molar-refractivity contribution >= 4 is 23.3 Å². The molecule has 0 saturated heterocycles. The highest BCUT2D eigenvalue weighted by atomic mass is 32.2. The van der Waals surface area contributed by atoms with Crippen molar-refractivity contribution in [3.8, 4) is 0 Å². The van der Waals surface area contributed by atoms with Crippen LogP contribution in [-0.4, -0.2) is 39.9 Å². The lowest BCUT2D eigenvalue weighted by atomic mass is 10.4. The molecule has 0 bridgehead atoms. The average molecular weight is 219 g/mol. The highest BCUT2D eigenvalue weighted by molar-refractivity contribution is 8.00. The van der Waals surface area contributed by atoms with Crippen molar-refractivity contribution in [1.82, 2.24) is 14.7 Å². The number of aryl methyl sites for hydroxylation is 1. The minimum absolute atomic E-state index is 0.320. The lowest BCUT2D eigenvalue weighted by molar-refractivity contribution is 0.199. The zero-order valence-electron chi connectivity index (χ0n) is 7.65. The topological polar surface area (TPSA) is 58.0 Å². The molecule has 0 aliphatic carbocycles. The van der Waals surface area contributed by atoms with E-state index in [1.54, 1.807) is 11.8 Å². The van der Waals surface area contributed by atoms with Crippen molar-refractivity contribution in [1.29, 1.82) is 0 Å². The summed E-state index contributed by atoms with van der Waals surface area (Å²) < 4.78 is 4.98. The number of hydrogen-bond donors (Lipinski definition) is 2. The van der Waals surface area contributed by atoms with Crippen LogP contribution in [0.5, 0.6) is 0 Å². The molecule has 0 aliphatic rings. The fourth-order valence-electron chi connectivity index (χ4n) is 0.799. The first-order valence-corrected chi connectivity index (χ1v) is 5.74. The van der Waals surface area contributed by atoms with Gasteiger partial charge in [0.05, 0.1) is 6.10 Å². The van der Waals surface area contributed by atoms with Crippen molar-refractivity contribution in [2.24, 2.45) is 0 Å². The Balaban J connectivity index is 2.26. The number of hydrogen-bond acceptors (Lipinski definition) is 6. The van der Waals surface area contributed by atoms with E-state index < -0.39 is 0 Å². The Bertz CT molecular complexity index is 254. The van der Waals surface area contributed by atoms with Crippen LogP contribution in [0, 0.1) is 6.92 Å². The summed E-state index contributed by atoms with van der Waals surface area (Å²) in [6, 6.07) is 0. The molecule has 1 unspecified atom stereocenters. The molecular weight excluding hydrogens is 206 g/mol. The van der Waals surface area contributed by atoms with Gasteiger partial charge in [0.25, 0.3) is 0 Å². The number of thioether (sulfide) groups is 1. The molecule has 13 heavy (non-hydrogen) atoms. The zero-order chi connectivity index (χ0) is 9.68. The van der Waals surface area contributed by atoms with E-state index >= 15 is 0 Å². The average Bonchev–Trinajstić information content (AvgIpc) is 2.49. The smallest absolute Gasteiger partial charge is 0.170 e. The second kappa shape index (κ2) is 5.54. The van der Waals surface area contributed by atoms with Crippen LogP contribution in [-0.2, 0) is 0 Å². The minimum Gasteiger partial charge on any atom is -0.391 e. The van der Waals surface area contributed by atoms with Gasteiger partial charge in [-0.05, 0) is 25.5 Å². The molecule has 2 N–H and O–H groups in total. The Kier molecular flexibility index (Phi) is 4.65. The largest absolute Gasteiger partial charge is 0.391 e. The van der Waals surface area contributed by atoms with Crippen molar-refractivity contribution < 1.29 is 5.11 Å². The van der Waals surface area contributed by atoms with E-state index in [1.807, 2.05) is 14.0 Å². The SMILES string of the molecule is CNCC(O)CSc1nc(C)ns1. The zero-order valence-corrected chi connectivity index (χ0v) is 9.28. The number of aromatic nitrogens is 2. The molecule has 0 aromatic carbocycles. The number of aliphatic hydroxyl groups excluding tert-OH is 1. The first kappa shape index (κ1) is 10.9. The van der Waals surface area contributed by atoms with Gasteiger partial charge < -0.3 is 10.4 Å². The van der Waals surface area contributed by atoms with E-state index in [-0.39, 0.29) is 6.10 Å². The summed E-state index contributed by atoms with van der Waals surface area (Å²) >= 11 is 2.92. The first-order chi connectivity index (χ1) is 6.22. The number of nitrogens with one attached hydrogen (secondary N) is 1. The van der Waals surface area contributed by atoms with Gasteiger partial charge in [-0.1, -0.05) is 11.8 Å². The third kappa shape index (κ3) is 4.04. The third-order valence-corrected chi connectivity index (χ3v) is 3.42. The summed E-state index contributed by atoms with van der Waals surface area (Å²) in [7, 11) is 1.82. The van der Waals surface area contributed by atoms with Gasteiger partial charge in [-0.2, -0.15) is 4.37 Å². The monoisotopic (exact) mass is 219 g/mol. The van der Waals surface area contributed by atoms with Crippen LogP contribution in [0.3, 0.4) is 0 Å². The van der Waals surface area contributed by atoms with Crippen molar-refractivity contribution in [2.75, 3.05) is 19.3 Å². The third-order valence-electron chi connectivity index (χ3n) is 1.35. The van der Waals surface area contributed by atoms with E-state index in [0.29, 0.717) is 12.3 Å². The second-order valence-corrected chi connectivity index (χ2v) is 4.65. The molecule has 6 heteroatoms. The molecule has 0 radical (unpaired) electrons. The summed E-state index contributed by atoms with van der Waals surface area (Å²) in [5.41, 5.74) is 0.